The maximum absolute atomic E-state index is 13.0. The van der Waals surface area contributed by atoms with Crippen molar-refractivity contribution >= 4 is 0 Å². The van der Waals surface area contributed by atoms with Crippen molar-refractivity contribution < 1.29 is 9.13 Å². The largest absolute Gasteiger partial charge is 0.382 e. The van der Waals surface area contributed by atoms with E-state index in [0.717, 1.165) is 30.4 Å². The summed E-state index contributed by atoms with van der Waals surface area (Å²) in [7, 11) is 1.71. The molecule has 0 aliphatic rings. The molecule has 0 amide bonds. The minimum Gasteiger partial charge on any atom is -0.382 e. The van der Waals surface area contributed by atoms with Crippen LogP contribution in [0.25, 0.3) is 0 Å². The summed E-state index contributed by atoms with van der Waals surface area (Å²) >= 11 is 0. The first-order valence-corrected chi connectivity index (χ1v) is 6.30. The average molecular weight is 254 g/mol. The molecule has 4 heteroatoms. The number of hydrogen-bond donors (Lipinski definition) is 2. The van der Waals surface area contributed by atoms with Crippen LogP contribution in [0.3, 0.4) is 0 Å². The summed E-state index contributed by atoms with van der Waals surface area (Å²) in [6.07, 6.45) is 2.92. The molecule has 0 aliphatic carbocycles. The van der Waals surface area contributed by atoms with E-state index in [1.807, 2.05) is 19.9 Å². The maximum Gasteiger partial charge on any atom is 0.123 e. The standard InChI is InChI=1S/C14H23FN2O/c1-10-8-13(15)6-5-12(10)9-14(17-16)7-4-11(2)18-3/h5-6,8,11,14,17H,4,7,9,16H2,1-3H3. The Hall–Kier alpha value is -0.970. The Morgan fingerprint density at radius 1 is 1.39 bits per heavy atom. The number of aryl methyl sites for hydroxylation is 1. The van der Waals surface area contributed by atoms with Gasteiger partial charge in [-0.3, -0.25) is 11.3 Å². The molecule has 0 bridgehead atoms. The van der Waals surface area contributed by atoms with Gasteiger partial charge in [0.1, 0.15) is 5.82 Å². The molecule has 3 N–H and O–H groups in total. The van der Waals surface area contributed by atoms with Gasteiger partial charge in [-0.05, 0) is 56.4 Å². The SMILES string of the molecule is COC(C)CCC(Cc1ccc(F)cc1C)NN. The summed E-state index contributed by atoms with van der Waals surface area (Å²) in [6, 6.07) is 5.06. The highest BCUT2D eigenvalue weighted by atomic mass is 19.1. The van der Waals surface area contributed by atoms with Crippen LogP contribution in [0.5, 0.6) is 0 Å². The molecule has 0 saturated carbocycles. The quantitative estimate of drug-likeness (QED) is 0.580. The van der Waals surface area contributed by atoms with Crippen molar-refractivity contribution in [3.8, 4) is 0 Å². The van der Waals surface area contributed by atoms with E-state index in [-0.39, 0.29) is 18.0 Å². The maximum atomic E-state index is 13.0. The molecule has 2 unspecified atom stereocenters. The van der Waals surface area contributed by atoms with E-state index in [1.54, 1.807) is 13.2 Å². The Morgan fingerprint density at radius 2 is 2.11 bits per heavy atom. The van der Waals surface area contributed by atoms with Gasteiger partial charge in [-0.2, -0.15) is 0 Å². The van der Waals surface area contributed by atoms with E-state index in [2.05, 4.69) is 5.43 Å². The second-order valence-corrected chi connectivity index (χ2v) is 4.76. The number of hydrogen-bond acceptors (Lipinski definition) is 3. The number of nitrogens with one attached hydrogen (secondary N) is 1. The van der Waals surface area contributed by atoms with Crippen molar-refractivity contribution in [3.05, 3.63) is 35.1 Å². The number of rotatable bonds is 7. The van der Waals surface area contributed by atoms with Crippen LogP contribution in [-0.2, 0) is 11.2 Å². The number of methoxy groups -OCH3 is 1. The third-order valence-electron chi connectivity index (χ3n) is 3.33. The number of hydrazine groups is 1. The molecule has 1 aromatic carbocycles. The molecule has 0 aromatic heterocycles. The predicted molar refractivity (Wildman–Crippen MR) is 71.7 cm³/mol. The van der Waals surface area contributed by atoms with Crippen molar-refractivity contribution in [2.24, 2.45) is 5.84 Å². The molecule has 102 valence electrons. The highest BCUT2D eigenvalue weighted by molar-refractivity contribution is 5.27. The highest BCUT2D eigenvalue weighted by Gasteiger charge is 2.11. The van der Waals surface area contributed by atoms with Gasteiger partial charge in [-0.15, -0.1) is 0 Å². The number of ether oxygens (including phenoxy) is 1. The van der Waals surface area contributed by atoms with E-state index in [1.165, 1.54) is 6.07 Å². The van der Waals surface area contributed by atoms with Crippen LogP contribution in [0, 0.1) is 12.7 Å². The summed E-state index contributed by atoms with van der Waals surface area (Å²) in [5.74, 6) is 5.37. The summed E-state index contributed by atoms with van der Waals surface area (Å²) < 4.78 is 18.2. The van der Waals surface area contributed by atoms with E-state index in [0.29, 0.717) is 0 Å². The van der Waals surface area contributed by atoms with Gasteiger partial charge in [0.25, 0.3) is 0 Å². The van der Waals surface area contributed by atoms with Crippen LogP contribution < -0.4 is 11.3 Å². The van der Waals surface area contributed by atoms with Gasteiger partial charge in [0.2, 0.25) is 0 Å². The van der Waals surface area contributed by atoms with Crippen LogP contribution in [0.4, 0.5) is 4.39 Å². The van der Waals surface area contributed by atoms with Crippen molar-refractivity contribution in [2.45, 2.75) is 45.3 Å². The lowest BCUT2D eigenvalue weighted by Crippen LogP contribution is -2.37. The molecule has 0 heterocycles. The Bertz CT molecular complexity index is 371. The van der Waals surface area contributed by atoms with Gasteiger partial charge >= 0.3 is 0 Å². The molecule has 2 atom stereocenters. The first-order valence-electron chi connectivity index (χ1n) is 6.30. The van der Waals surface area contributed by atoms with E-state index >= 15 is 0 Å². The molecular formula is C14H23FN2O. The summed E-state index contributed by atoms with van der Waals surface area (Å²) in [5, 5.41) is 0. The van der Waals surface area contributed by atoms with Gasteiger partial charge in [0, 0.05) is 13.2 Å². The zero-order valence-electron chi connectivity index (χ0n) is 11.4. The fraction of sp³-hybridized carbons (Fsp3) is 0.571. The first kappa shape index (κ1) is 15.1. The smallest absolute Gasteiger partial charge is 0.123 e. The molecule has 18 heavy (non-hydrogen) atoms. The van der Waals surface area contributed by atoms with Crippen LogP contribution in [-0.4, -0.2) is 19.3 Å². The molecule has 0 aliphatic heterocycles. The third kappa shape index (κ3) is 4.72. The van der Waals surface area contributed by atoms with Gasteiger partial charge in [-0.25, -0.2) is 4.39 Å². The minimum absolute atomic E-state index is 0.187. The molecule has 0 saturated heterocycles. The minimum atomic E-state index is -0.193. The molecular weight excluding hydrogens is 231 g/mol. The zero-order valence-corrected chi connectivity index (χ0v) is 11.4. The number of halogens is 1. The Balaban J connectivity index is 2.56. The lowest BCUT2D eigenvalue weighted by molar-refractivity contribution is 0.106. The highest BCUT2D eigenvalue weighted by Crippen LogP contribution is 2.15. The van der Waals surface area contributed by atoms with Crippen LogP contribution in [0.1, 0.15) is 30.9 Å². The van der Waals surface area contributed by atoms with Gasteiger partial charge in [-0.1, -0.05) is 6.07 Å². The van der Waals surface area contributed by atoms with Crippen molar-refractivity contribution in [1.29, 1.82) is 0 Å². The monoisotopic (exact) mass is 254 g/mol. The van der Waals surface area contributed by atoms with Gasteiger partial charge in [0.05, 0.1) is 6.10 Å². The Kier molecular flexibility index (Phi) is 6.25. The van der Waals surface area contributed by atoms with Crippen LogP contribution >= 0.6 is 0 Å². The van der Waals surface area contributed by atoms with E-state index < -0.39 is 0 Å². The van der Waals surface area contributed by atoms with E-state index in [9.17, 15) is 4.39 Å². The lowest BCUT2D eigenvalue weighted by atomic mass is 9.97. The normalized spacial score (nSPS) is 14.5. The molecule has 1 aromatic rings. The Morgan fingerprint density at radius 3 is 2.67 bits per heavy atom. The number of nitrogens with two attached hydrogens (primary N) is 1. The fourth-order valence-electron chi connectivity index (χ4n) is 1.95. The predicted octanol–water partition coefficient (Wildman–Crippen LogP) is 2.32. The summed E-state index contributed by atoms with van der Waals surface area (Å²) in [6.45, 7) is 3.96. The van der Waals surface area contributed by atoms with Crippen LogP contribution in [0.15, 0.2) is 18.2 Å². The second-order valence-electron chi connectivity index (χ2n) is 4.76. The molecule has 0 spiro atoms. The fourth-order valence-corrected chi connectivity index (χ4v) is 1.95. The zero-order chi connectivity index (χ0) is 13.5. The lowest BCUT2D eigenvalue weighted by Gasteiger charge is -2.19. The van der Waals surface area contributed by atoms with Gasteiger partial charge in [0.15, 0.2) is 0 Å². The molecule has 0 fully saturated rings. The van der Waals surface area contributed by atoms with Crippen molar-refractivity contribution in [2.75, 3.05) is 7.11 Å². The average Bonchev–Trinajstić information content (AvgIpc) is 2.36. The van der Waals surface area contributed by atoms with Crippen molar-refractivity contribution in [1.82, 2.24) is 5.43 Å². The second kappa shape index (κ2) is 7.46. The summed E-state index contributed by atoms with van der Waals surface area (Å²) in [4.78, 5) is 0. The molecule has 1 rings (SSSR count). The number of benzene rings is 1. The Labute approximate surface area is 108 Å². The third-order valence-corrected chi connectivity index (χ3v) is 3.33. The van der Waals surface area contributed by atoms with Gasteiger partial charge < -0.3 is 4.74 Å². The topological polar surface area (TPSA) is 47.3 Å². The van der Waals surface area contributed by atoms with Crippen LogP contribution in [0.2, 0.25) is 0 Å². The first-order chi connectivity index (χ1) is 8.56. The van der Waals surface area contributed by atoms with Crippen molar-refractivity contribution in [3.63, 3.8) is 0 Å². The van der Waals surface area contributed by atoms with E-state index in [4.69, 9.17) is 10.6 Å². The molecule has 0 radical (unpaired) electrons. The molecule has 3 nitrogen and oxygen atoms in total. The summed E-state index contributed by atoms with van der Waals surface area (Å²) in [5.41, 5.74) is 4.92.